The van der Waals surface area contributed by atoms with Gasteiger partial charge in [-0.05, 0) is 56.6 Å². The first-order valence-corrected chi connectivity index (χ1v) is 7.71. The maximum absolute atomic E-state index is 14.2. The smallest absolute Gasteiger partial charge is 0.128 e. The lowest BCUT2D eigenvalue weighted by Crippen LogP contribution is -2.26. The molecule has 0 saturated heterocycles. The normalized spacial score (nSPS) is 30.2. The van der Waals surface area contributed by atoms with Gasteiger partial charge in [-0.2, -0.15) is 0 Å². The molecule has 2 saturated carbocycles. The highest BCUT2D eigenvalue weighted by Gasteiger charge is 2.56. The van der Waals surface area contributed by atoms with Crippen molar-refractivity contribution in [1.82, 2.24) is 5.32 Å². The second-order valence-corrected chi connectivity index (χ2v) is 6.29. The Kier molecular flexibility index (Phi) is 3.62. The van der Waals surface area contributed by atoms with E-state index in [2.05, 4.69) is 12.2 Å². The Morgan fingerprint density at radius 2 is 2.05 bits per heavy atom. The molecular weight excluding hydrogens is 237 g/mol. The lowest BCUT2D eigenvalue weighted by atomic mass is 9.95. The largest absolute Gasteiger partial charge is 0.310 e. The summed E-state index contributed by atoms with van der Waals surface area (Å²) >= 11 is 0. The molecule has 1 aromatic rings. The highest BCUT2D eigenvalue weighted by molar-refractivity contribution is 5.29. The topological polar surface area (TPSA) is 12.0 Å². The monoisotopic (exact) mass is 261 g/mol. The van der Waals surface area contributed by atoms with Crippen molar-refractivity contribution in [3.8, 4) is 0 Å². The zero-order valence-electron chi connectivity index (χ0n) is 12.0. The van der Waals surface area contributed by atoms with E-state index < -0.39 is 0 Å². The number of fused-ring (bicyclic) bond motifs is 1. The molecule has 2 fully saturated rings. The molecule has 0 radical (unpaired) electrons. The molecule has 0 bridgehead atoms. The zero-order chi connectivity index (χ0) is 13.4. The SMILES string of the molecule is CCCNC(c1cc(C)ccc1F)C1C2CCCC21. The Morgan fingerprint density at radius 3 is 2.74 bits per heavy atom. The second kappa shape index (κ2) is 5.24. The number of halogens is 1. The minimum atomic E-state index is -0.0378. The van der Waals surface area contributed by atoms with Crippen LogP contribution in [0, 0.1) is 30.5 Å². The fourth-order valence-corrected chi connectivity index (χ4v) is 4.03. The summed E-state index contributed by atoms with van der Waals surface area (Å²) in [5.41, 5.74) is 2.05. The number of nitrogens with one attached hydrogen (secondary N) is 1. The molecule has 104 valence electrons. The number of aryl methyl sites for hydroxylation is 1. The van der Waals surface area contributed by atoms with E-state index >= 15 is 0 Å². The molecule has 1 aromatic carbocycles. The molecule has 2 heteroatoms. The van der Waals surface area contributed by atoms with Gasteiger partial charge in [-0.1, -0.05) is 31.0 Å². The van der Waals surface area contributed by atoms with E-state index in [1.165, 1.54) is 19.3 Å². The van der Waals surface area contributed by atoms with E-state index in [0.29, 0.717) is 5.92 Å². The summed E-state index contributed by atoms with van der Waals surface area (Å²) in [7, 11) is 0. The van der Waals surface area contributed by atoms with Gasteiger partial charge in [0.05, 0.1) is 0 Å². The van der Waals surface area contributed by atoms with E-state index in [4.69, 9.17) is 0 Å². The molecule has 0 aromatic heterocycles. The van der Waals surface area contributed by atoms with Crippen molar-refractivity contribution >= 4 is 0 Å². The van der Waals surface area contributed by atoms with Crippen molar-refractivity contribution in [3.63, 3.8) is 0 Å². The van der Waals surface area contributed by atoms with Crippen molar-refractivity contribution in [2.24, 2.45) is 17.8 Å². The molecule has 1 nitrogen and oxygen atoms in total. The van der Waals surface area contributed by atoms with E-state index in [-0.39, 0.29) is 11.9 Å². The average Bonchev–Trinajstić information content (AvgIpc) is 2.86. The third kappa shape index (κ3) is 2.43. The summed E-state index contributed by atoms with van der Waals surface area (Å²) in [5, 5.41) is 3.60. The van der Waals surface area contributed by atoms with Crippen LogP contribution >= 0.6 is 0 Å². The number of benzene rings is 1. The van der Waals surface area contributed by atoms with E-state index in [9.17, 15) is 4.39 Å². The number of hydrogen-bond donors (Lipinski definition) is 1. The van der Waals surface area contributed by atoms with Gasteiger partial charge in [0.1, 0.15) is 5.82 Å². The maximum Gasteiger partial charge on any atom is 0.128 e. The third-order valence-corrected chi connectivity index (χ3v) is 4.96. The molecule has 3 unspecified atom stereocenters. The number of hydrogen-bond acceptors (Lipinski definition) is 1. The summed E-state index contributed by atoms with van der Waals surface area (Å²) in [6, 6.07) is 5.76. The maximum atomic E-state index is 14.2. The lowest BCUT2D eigenvalue weighted by molar-refractivity contribution is 0.403. The molecular formula is C17H24FN. The second-order valence-electron chi connectivity index (χ2n) is 6.29. The van der Waals surface area contributed by atoms with E-state index in [1.54, 1.807) is 6.07 Å². The van der Waals surface area contributed by atoms with Gasteiger partial charge in [0, 0.05) is 11.6 Å². The highest BCUT2D eigenvalue weighted by atomic mass is 19.1. The summed E-state index contributed by atoms with van der Waals surface area (Å²) in [4.78, 5) is 0. The van der Waals surface area contributed by atoms with Crippen molar-refractivity contribution in [3.05, 3.63) is 35.1 Å². The van der Waals surface area contributed by atoms with Crippen LogP contribution < -0.4 is 5.32 Å². The predicted octanol–water partition coefficient (Wildman–Crippen LogP) is 4.22. The predicted molar refractivity (Wildman–Crippen MR) is 76.5 cm³/mol. The molecule has 0 aliphatic heterocycles. The van der Waals surface area contributed by atoms with Gasteiger partial charge in [-0.25, -0.2) is 4.39 Å². The Labute approximate surface area is 115 Å². The molecule has 0 heterocycles. The van der Waals surface area contributed by atoms with Crippen LogP contribution in [-0.4, -0.2) is 6.54 Å². The molecule has 0 spiro atoms. The van der Waals surface area contributed by atoms with Crippen LogP contribution in [0.2, 0.25) is 0 Å². The molecule has 3 rings (SSSR count). The van der Waals surface area contributed by atoms with E-state index in [0.717, 1.165) is 35.9 Å². The Balaban J connectivity index is 1.84. The molecule has 2 aliphatic carbocycles. The van der Waals surface area contributed by atoms with Crippen LogP contribution in [0.1, 0.15) is 49.8 Å². The Bertz CT molecular complexity index is 447. The summed E-state index contributed by atoms with van der Waals surface area (Å²) in [6.45, 7) is 5.20. The fourth-order valence-electron chi connectivity index (χ4n) is 4.03. The standard InChI is InChI=1S/C17H24FN/c1-3-9-19-17(16-12-5-4-6-13(12)16)14-10-11(2)7-8-15(14)18/h7-8,10,12-13,16-17,19H,3-6,9H2,1-2H3. The average molecular weight is 261 g/mol. The quantitative estimate of drug-likeness (QED) is 0.836. The van der Waals surface area contributed by atoms with Gasteiger partial charge in [0.15, 0.2) is 0 Å². The molecule has 3 atom stereocenters. The fraction of sp³-hybridized carbons (Fsp3) is 0.647. The van der Waals surface area contributed by atoms with Crippen LogP contribution in [-0.2, 0) is 0 Å². The van der Waals surface area contributed by atoms with Gasteiger partial charge in [0.2, 0.25) is 0 Å². The molecule has 1 N–H and O–H groups in total. The van der Waals surface area contributed by atoms with E-state index in [1.807, 2.05) is 19.1 Å². The van der Waals surface area contributed by atoms with Crippen molar-refractivity contribution < 1.29 is 4.39 Å². The molecule has 19 heavy (non-hydrogen) atoms. The Hall–Kier alpha value is -0.890. The van der Waals surface area contributed by atoms with Crippen LogP contribution in [0.15, 0.2) is 18.2 Å². The van der Waals surface area contributed by atoms with Crippen molar-refractivity contribution in [2.75, 3.05) is 6.54 Å². The first kappa shape index (κ1) is 13.1. The molecule has 0 amide bonds. The zero-order valence-corrected chi connectivity index (χ0v) is 12.0. The molecule has 2 aliphatic rings. The van der Waals surface area contributed by atoms with Crippen molar-refractivity contribution in [1.29, 1.82) is 0 Å². The Morgan fingerprint density at radius 1 is 1.32 bits per heavy atom. The minimum Gasteiger partial charge on any atom is -0.310 e. The summed E-state index contributed by atoms with van der Waals surface area (Å²) in [6.07, 6.45) is 5.19. The van der Waals surface area contributed by atoms with Gasteiger partial charge in [-0.15, -0.1) is 0 Å². The lowest BCUT2D eigenvalue weighted by Gasteiger charge is -2.22. The van der Waals surface area contributed by atoms with Gasteiger partial charge in [0.25, 0.3) is 0 Å². The third-order valence-electron chi connectivity index (χ3n) is 4.96. The first-order chi connectivity index (χ1) is 9.22. The van der Waals surface area contributed by atoms with Crippen molar-refractivity contribution in [2.45, 2.75) is 45.6 Å². The summed E-state index contributed by atoms with van der Waals surface area (Å²) in [5.74, 6) is 2.35. The van der Waals surface area contributed by atoms with Crippen LogP contribution in [0.5, 0.6) is 0 Å². The van der Waals surface area contributed by atoms with Gasteiger partial charge >= 0.3 is 0 Å². The van der Waals surface area contributed by atoms with Gasteiger partial charge < -0.3 is 5.32 Å². The van der Waals surface area contributed by atoms with Gasteiger partial charge in [-0.3, -0.25) is 0 Å². The summed E-state index contributed by atoms with van der Waals surface area (Å²) < 4.78 is 14.2. The van der Waals surface area contributed by atoms with Crippen LogP contribution in [0.3, 0.4) is 0 Å². The minimum absolute atomic E-state index is 0.0378. The van der Waals surface area contributed by atoms with Crippen LogP contribution in [0.4, 0.5) is 4.39 Å². The highest BCUT2D eigenvalue weighted by Crippen LogP contribution is 2.62. The number of rotatable bonds is 5. The van der Waals surface area contributed by atoms with Crippen LogP contribution in [0.25, 0.3) is 0 Å². The first-order valence-electron chi connectivity index (χ1n) is 7.71.